The molecule has 2 aromatic heterocycles. The number of anilines is 1. The number of carbonyl (C=O) groups is 1. The number of thiophene rings is 1. The zero-order valence-corrected chi connectivity index (χ0v) is 16.4. The summed E-state index contributed by atoms with van der Waals surface area (Å²) in [6, 6.07) is 10.1. The van der Waals surface area contributed by atoms with Crippen molar-refractivity contribution >= 4 is 23.1 Å². The summed E-state index contributed by atoms with van der Waals surface area (Å²) in [6.07, 6.45) is 4.80. The Kier molecular flexibility index (Phi) is 4.33. The molecule has 144 valence electrons. The first-order valence-electron chi connectivity index (χ1n) is 9.87. The van der Waals surface area contributed by atoms with E-state index in [4.69, 9.17) is 10.00 Å². The topological polar surface area (TPSA) is 78.2 Å². The van der Waals surface area contributed by atoms with Crippen LogP contribution in [0, 0.1) is 11.3 Å². The molecule has 5 rings (SSSR count). The van der Waals surface area contributed by atoms with Crippen LogP contribution in [-0.4, -0.2) is 36.6 Å². The normalized spacial score (nSPS) is 20.5. The monoisotopic (exact) mass is 394 g/mol. The van der Waals surface area contributed by atoms with E-state index in [1.807, 2.05) is 12.1 Å². The van der Waals surface area contributed by atoms with Gasteiger partial charge in [0.2, 0.25) is 0 Å². The van der Waals surface area contributed by atoms with Crippen LogP contribution in [0.15, 0.2) is 24.3 Å². The highest BCUT2D eigenvalue weighted by atomic mass is 32.1. The lowest BCUT2D eigenvalue weighted by Gasteiger charge is -2.44. The minimum atomic E-state index is -0.300. The predicted molar refractivity (Wildman–Crippen MR) is 107 cm³/mol. The molecule has 0 unspecified atom stereocenters. The molecule has 0 radical (unpaired) electrons. The molecule has 2 fully saturated rings. The fraction of sp³-hybridized carbons (Fsp3) is 0.476. The maximum Gasteiger partial charge on any atom is 0.261 e. The number of rotatable bonds is 3. The second kappa shape index (κ2) is 6.87. The number of hydrogen-bond acceptors (Lipinski definition) is 6. The summed E-state index contributed by atoms with van der Waals surface area (Å²) in [5.74, 6) is 0.909. The van der Waals surface area contributed by atoms with Crippen LogP contribution in [0.3, 0.4) is 0 Å². The number of nitriles is 1. The van der Waals surface area contributed by atoms with E-state index in [0.29, 0.717) is 18.3 Å². The van der Waals surface area contributed by atoms with Crippen molar-refractivity contribution in [1.29, 1.82) is 5.26 Å². The molecule has 0 atom stereocenters. The molecule has 1 N–H and O–H groups in total. The largest absolute Gasteiger partial charge is 0.370 e. The van der Waals surface area contributed by atoms with Crippen LogP contribution in [0.25, 0.3) is 0 Å². The van der Waals surface area contributed by atoms with Gasteiger partial charge < -0.3 is 15.0 Å². The maximum atomic E-state index is 12.5. The van der Waals surface area contributed by atoms with Gasteiger partial charge in [0, 0.05) is 30.4 Å². The first kappa shape index (κ1) is 17.7. The Morgan fingerprint density at radius 2 is 2.18 bits per heavy atom. The van der Waals surface area contributed by atoms with Crippen LogP contribution < -0.4 is 10.2 Å². The lowest BCUT2D eigenvalue weighted by molar-refractivity contribution is -0.0757. The van der Waals surface area contributed by atoms with Crippen LogP contribution in [0.1, 0.15) is 51.5 Å². The molecule has 1 spiro atoms. The Morgan fingerprint density at radius 3 is 2.93 bits per heavy atom. The van der Waals surface area contributed by atoms with Gasteiger partial charge in [-0.15, -0.1) is 11.3 Å². The van der Waals surface area contributed by atoms with E-state index in [1.54, 1.807) is 17.4 Å². The quantitative estimate of drug-likeness (QED) is 0.866. The molecule has 6 nitrogen and oxygen atoms in total. The number of fused-ring (bicyclic) bond motifs is 2. The van der Waals surface area contributed by atoms with Gasteiger partial charge in [-0.3, -0.25) is 4.79 Å². The summed E-state index contributed by atoms with van der Waals surface area (Å²) >= 11 is 1.63. The van der Waals surface area contributed by atoms with Crippen molar-refractivity contribution in [3.63, 3.8) is 0 Å². The van der Waals surface area contributed by atoms with Crippen molar-refractivity contribution in [3.8, 4) is 6.07 Å². The van der Waals surface area contributed by atoms with Gasteiger partial charge in [-0.05, 0) is 49.4 Å². The summed E-state index contributed by atoms with van der Waals surface area (Å²) in [5.41, 5.74) is 1.35. The molecular formula is C21H22N4O2S. The van der Waals surface area contributed by atoms with Gasteiger partial charge >= 0.3 is 0 Å². The molecule has 4 heterocycles. The molecule has 1 aliphatic carbocycles. The molecule has 0 bridgehead atoms. The van der Waals surface area contributed by atoms with E-state index >= 15 is 0 Å². The smallest absolute Gasteiger partial charge is 0.261 e. The average Bonchev–Trinajstić information content (AvgIpc) is 3.43. The number of amides is 1. The van der Waals surface area contributed by atoms with Gasteiger partial charge in [0.25, 0.3) is 5.91 Å². The van der Waals surface area contributed by atoms with Gasteiger partial charge in [0.15, 0.2) is 0 Å². The number of aromatic nitrogens is 1. The fourth-order valence-electron chi connectivity index (χ4n) is 4.19. The number of pyridine rings is 1. The number of nitrogens with zero attached hydrogens (tertiary/aromatic N) is 3. The summed E-state index contributed by atoms with van der Waals surface area (Å²) in [4.78, 5) is 21.3. The van der Waals surface area contributed by atoms with Gasteiger partial charge in [0.1, 0.15) is 17.6 Å². The van der Waals surface area contributed by atoms with E-state index in [9.17, 15) is 4.79 Å². The van der Waals surface area contributed by atoms with E-state index in [1.165, 1.54) is 10.4 Å². The molecular weight excluding hydrogens is 372 g/mol. The van der Waals surface area contributed by atoms with Crippen molar-refractivity contribution in [2.75, 3.05) is 24.6 Å². The highest BCUT2D eigenvalue weighted by Gasteiger charge is 2.42. The Labute approximate surface area is 168 Å². The predicted octanol–water partition coefficient (Wildman–Crippen LogP) is 2.98. The fourth-order valence-corrected chi connectivity index (χ4v) is 5.32. The molecule has 28 heavy (non-hydrogen) atoms. The highest BCUT2D eigenvalue weighted by Crippen LogP contribution is 2.45. The van der Waals surface area contributed by atoms with Crippen LogP contribution in [0.2, 0.25) is 0 Å². The van der Waals surface area contributed by atoms with Crippen molar-refractivity contribution in [2.24, 2.45) is 0 Å². The van der Waals surface area contributed by atoms with Crippen molar-refractivity contribution < 1.29 is 9.53 Å². The summed E-state index contributed by atoms with van der Waals surface area (Å²) < 4.78 is 6.32. The van der Waals surface area contributed by atoms with Crippen molar-refractivity contribution in [3.05, 3.63) is 45.3 Å². The second-order valence-electron chi connectivity index (χ2n) is 7.77. The van der Waals surface area contributed by atoms with Crippen LogP contribution in [0.5, 0.6) is 0 Å². The molecule has 2 aliphatic heterocycles. The minimum absolute atomic E-state index is 0.0620. The average molecular weight is 395 g/mol. The third-order valence-corrected chi connectivity index (χ3v) is 7.08. The summed E-state index contributed by atoms with van der Waals surface area (Å²) in [6.45, 7) is 2.35. The molecule has 2 aromatic rings. The zero-order chi connectivity index (χ0) is 19.1. The van der Waals surface area contributed by atoms with Crippen LogP contribution in [-0.2, 0) is 16.8 Å². The molecule has 7 heteroatoms. The Morgan fingerprint density at radius 1 is 1.36 bits per heavy atom. The third-order valence-electron chi connectivity index (χ3n) is 5.89. The van der Waals surface area contributed by atoms with Crippen molar-refractivity contribution in [1.82, 2.24) is 10.3 Å². The van der Waals surface area contributed by atoms with Gasteiger partial charge in [-0.2, -0.15) is 5.26 Å². The maximum absolute atomic E-state index is 12.5. The lowest BCUT2D eigenvalue weighted by Crippen LogP contribution is -2.46. The molecule has 1 amide bonds. The third kappa shape index (κ3) is 3.17. The van der Waals surface area contributed by atoms with E-state index in [0.717, 1.165) is 55.9 Å². The molecule has 1 saturated carbocycles. The van der Waals surface area contributed by atoms with Crippen molar-refractivity contribution in [2.45, 2.75) is 43.7 Å². The van der Waals surface area contributed by atoms with Gasteiger partial charge in [0.05, 0.1) is 17.1 Å². The van der Waals surface area contributed by atoms with E-state index < -0.39 is 0 Å². The molecule has 0 aromatic carbocycles. The summed E-state index contributed by atoms with van der Waals surface area (Å²) in [5, 5.41) is 12.2. The standard InChI is InChI=1S/C21H22N4O2S/c22-13-15-2-1-3-19(23-15)25-9-7-21(8-10-25)16-12-18(20(26)24-14-4-5-14)28-17(16)6-11-27-21/h1-3,12,14H,4-11H2,(H,24,26). The number of carbonyl (C=O) groups excluding carboxylic acids is 1. The Balaban J connectivity index is 1.35. The molecule has 1 saturated heterocycles. The van der Waals surface area contributed by atoms with Gasteiger partial charge in [-0.25, -0.2) is 4.98 Å². The Bertz CT molecular complexity index is 952. The van der Waals surface area contributed by atoms with Gasteiger partial charge in [-0.1, -0.05) is 6.07 Å². The number of ether oxygens (including phenoxy) is 1. The van der Waals surface area contributed by atoms with Crippen LogP contribution >= 0.6 is 11.3 Å². The number of nitrogens with one attached hydrogen (secondary N) is 1. The van der Waals surface area contributed by atoms with E-state index in [2.05, 4.69) is 27.3 Å². The highest BCUT2D eigenvalue weighted by molar-refractivity contribution is 7.14. The minimum Gasteiger partial charge on any atom is -0.370 e. The summed E-state index contributed by atoms with van der Waals surface area (Å²) in [7, 11) is 0. The first-order valence-corrected chi connectivity index (χ1v) is 10.7. The van der Waals surface area contributed by atoms with Crippen LogP contribution in [0.4, 0.5) is 5.82 Å². The number of hydrogen-bond donors (Lipinski definition) is 1. The SMILES string of the molecule is N#Cc1cccc(N2CCC3(CC2)OCCc2sc(C(=O)NC4CC4)cc23)n1. The number of piperidine rings is 1. The lowest BCUT2D eigenvalue weighted by atomic mass is 9.82. The molecule has 3 aliphatic rings. The van der Waals surface area contributed by atoms with E-state index in [-0.39, 0.29) is 11.5 Å². The Hall–Kier alpha value is -2.43. The first-order chi connectivity index (χ1) is 13.7. The zero-order valence-electron chi connectivity index (χ0n) is 15.6. The second-order valence-corrected chi connectivity index (χ2v) is 8.90.